The van der Waals surface area contributed by atoms with E-state index in [9.17, 15) is 13.2 Å². The predicted molar refractivity (Wildman–Crippen MR) is 99.2 cm³/mol. The van der Waals surface area contributed by atoms with E-state index in [4.69, 9.17) is 0 Å². The first kappa shape index (κ1) is 20.2. The number of benzene rings is 1. The summed E-state index contributed by atoms with van der Waals surface area (Å²) < 4.78 is 27.0. The molecule has 0 bridgehead atoms. The van der Waals surface area contributed by atoms with Crippen molar-refractivity contribution in [1.29, 1.82) is 0 Å². The third-order valence-corrected chi connectivity index (χ3v) is 6.89. The van der Waals surface area contributed by atoms with E-state index in [0.29, 0.717) is 25.3 Å². The Labute approximate surface area is 155 Å². The highest BCUT2D eigenvalue weighted by atomic mass is 35.5. The summed E-state index contributed by atoms with van der Waals surface area (Å²) in [5.74, 6) is 0.189. The highest BCUT2D eigenvalue weighted by Crippen LogP contribution is 2.26. The van der Waals surface area contributed by atoms with E-state index in [0.717, 1.165) is 19.5 Å². The van der Waals surface area contributed by atoms with Crippen LogP contribution in [0.2, 0.25) is 0 Å². The van der Waals surface area contributed by atoms with Crippen LogP contribution in [0, 0.1) is 5.92 Å². The Morgan fingerprint density at radius 3 is 2.64 bits per heavy atom. The van der Waals surface area contributed by atoms with Gasteiger partial charge in [-0.25, -0.2) is 8.42 Å². The maximum atomic E-state index is 12.8. The lowest BCUT2D eigenvalue weighted by Gasteiger charge is -2.32. The summed E-state index contributed by atoms with van der Waals surface area (Å²) >= 11 is 0. The number of carbonyl (C=O) groups excluding carboxylic acids is 1. The number of sulfonamides is 1. The van der Waals surface area contributed by atoms with Crippen molar-refractivity contribution in [2.45, 2.75) is 43.2 Å². The highest BCUT2D eigenvalue weighted by Gasteiger charge is 2.40. The Kier molecular flexibility index (Phi) is 6.85. The van der Waals surface area contributed by atoms with Crippen molar-refractivity contribution in [3.63, 3.8) is 0 Å². The first-order valence-electron chi connectivity index (χ1n) is 8.58. The molecule has 3 rings (SSSR count). The summed E-state index contributed by atoms with van der Waals surface area (Å²) in [5.41, 5.74) is 0. The van der Waals surface area contributed by atoms with Gasteiger partial charge in [-0.05, 0) is 50.4 Å². The second kappa shape index (κ2) is 8.49. The molecule has 2 saturated heterocycles. The van der Waals surface area contributed by atoms with E-state index in [2.05, 4.69) is 17.6 Å². The van der Waals surface area contributed by atoms with Gasteiger partial charge in [0.15, 0.2) is 0 Å². The number of hydrogen-bond acceptors (Lipinski definition) is 4. The molecule has 2 aliphatic rings. The van der Waals surface area contributed by atoms with Gasteiger partial charge in [-0.15, -0.1) is 12.4 Å². The second-order valence-corrected chi connectivity index (χ2v) is 8.56. The topological polar surface area (TPSA) is 78.5 Å². The largest absolute Gasteiger partial charge is 0.352 e. The number of rotatable bonds is 4. The van der Waals surface area contributed by atoms with Crippen molar-refractivity contribution in [2.75, 3.05) is 19.6 Å². The average molecular weight is 388 g/mol. The van der Waals surface area contributed by atoms with Gasteiger partial charge in [0.1, 0.15) is 6.04 Å². The lowest BCUT2D eigenvalue weighted by molar-refractivity contribution is -0.125. The number of nitrogens with one attached hydrogen (secondary N) is 2. The van der Waals surface area contributed by atoms with Gasteiger partial charge < -0.3 is 10.6 Å². The van der Waals surface area contributed by atoms with E-state index in [-0.39, 0.29) is 29.3 Å². The molecular weight excluding hydrogens is 362 g/mol. The Morgan fingerprint density at radius 2 is 1.96 bits per heavy atom. The first-order chi connectivity index (χ1) is 11.5. The van der Waals surface area contributed by atoms with Crippen molar-refractivity contribution in [3.05, 3.63) is 30.3 Å². The van der Waals surface area contributed by atoms with Crippen LogP contribution >= 0.6 is 12.4 Å². The number of hydrogen-bond donors (Lipinski definition) is 2. The van der Waals surface area contributed by atoms with Gasteiger partial charge >= 0.3 is 0 Å². The normalized spacial score (nSPS) is 27.5. The third kappa shape index (κ3) is 4.34. The zero-order chi connectivity index (χ0) is 17.2. The van der Waals surface area contributed by atoms with Crippen LogP contribution in [0.5, 0.6) is 0 Å². The number of halogens is 1. The van der Waals surface area contributed by atoms with Crippen LogP contribution in [0.4, 0.5) is 0 Å². The zero-order valence-electron chi connectivity index (χ0n) is 14.3. The minimum Gasteiger partial charge on any atom is -0.352 e. The lowest BCUT2D eigenvalue weighted by atomic mass is 9.95. The molecule has 25 heavy (non-hydrogen) atoms. The molecule has 3 atom stereocenters. The van der Waals surface area contributed by atoms with Crippen LogP contribution in [0.25, 0.3) is 0 Å². The molecule has 140 valence electrons. The first-order valence-corrected chi connectivity index (χ1v) is 10.0. The maximum Gasteiger partial charge on any atom is 0.243 e. The number of amides is 1. The van der Waals surface area contributed by atoms with Crippen LogP contribution in [-0.2, 0) is 14.8 Å². The van der Waals surface area contributed by atoms with Crippen LogP contribution in [0.1, 0.15) is 26.2 Å². The van der Waals surface area contributed by atoms with E-state index < -0.39 is 16.1 Å². The molecule has 0 saturated carbocycles. The summed E-state index contributed by atoms with van der Waals surface area (Å²) in [5, 5.41) is 6.38. The van der Waals surface area contributed by atoms with E-state index in [1.807, 2.05) is 0 Å². The molecule has 0 radical (unpaired) electrons. The Morgan fingerprint density at radius 1 is 1.24 bits per heavy atom. The monoisotopic (exact) mass is 387 g/mol. The second-order valence-electron chi connectivity index (χ2n) is 6.67. The molecule has 1 amide bonds. The highest BCUT2D eigenvalue weighted by molar-refractivity contribution is 7.89. The fourth-order valence-corrected chi connectivity index (χ4v) is 5.20. The van der Waals surface area contributed by atoms with Crippen LogP contribution in [0.3, 0.4) is 0 Å². The molecule has 1 aromatic carbocycles. The Balaban J connectivity index is 0.00000225. The summed E-state index contributed by atoms with van der Waals surface area (Å²) in [4.78, 5) is 13.0. The van der Waals surface area contributed by atoms with Gasteiger partial charge in [0.25, 0.3) is 0 Å². The Bertz CT molecular complexity index is 684. The lowest BCUT2D eigenvalue weighted by Crippen LogP contribution is -2.53. The molecular formula is C17H26ClN3O3S. The molecule has 2 fully saturated rings. The molecule has 2 heterocycles. The van der Waals surface area contributed by atoms with Gasteiger partial charge in [-0.2, -0.15) is 4.31 Å². The van der Waals surface area contributed by atoms with Gasteiger partial charge in [0, 0.05) is 12.6 Å². The summed E-state index contributed by atoms with van der Waals surface area (Å²) in [6.07, 6.45) is 2.17. The van der Waals surface area contributed by atoms with Gasteiger partial charge in [0.2, 0.25) is 15.9 Å². The van der Waals surface area contributed by atoms with Gasteiger partial charge in [-0.3, -0.25) is 4.79 Å². The predicted octanol–water partition coefficient (Wildman–Crippen LogP) is 1.38. The molecule has 1 aromatic rings. The standard InChI is InChI=1S/C17H25N3O3S.ClH/c1-13-12-18-10-9-15(13)19-17(21)16-8-5-11-20(16)24(22,23)14-6-3-2-4-7-14;/h2-4,6-7,13,15-16,18H,5,8-12H2,1H3,(H,19,21);1H. The molecule has 3 unspecified atom stereocenters. The van der Waals surface area contributed by atoms with Crippen molar-refractivity contribution < 1.29 is 13.2 Å². The van der Waals surface area contributed by atoms with E-state index >= 15 is 0 Å². The third-order valence-electron chi connectivity index (χ3n) is 4.97. The van der Waals surface area contributed by atoms with Crippen molar-refractivity contribution in [2.24, 2.45) is 5.92 Å². The molecule has 6 nitrogen and oxygen atoms in total. The zero-order valence-corrected chi connectivity index (χ0v) is 16.0. The number of nitrogens with zero attached hydrogens (tertiary/aromatic N) is 1. The average Bonchev–Trinajstić information content (AvgIpc) is 3.08. The molecule has 2 N–H and O–H groups in total. The Hall–Kier alpha value is -1.15. The summed E-state index contributed by atoms with van der Waals surface area (Å²) in [7, 11) is -3.63. The summed E-state index contributed by atoms with van der Waals surface area (Å²) in [6, 6.07) is 7.86. The SMILES string of the molecule is CC1CNCCC1NC(=O)C1CCCN1S(=O)(=O)c1ccccc1.Cl. The molecule has 0 aromatic heterocycles. The maximum absolute atomic E-state index is 12.8. The quantitative estimate of drug-likeness (QED) is 0.818. The van der Waals surface area contributed by atoms with Crippen molar-refractivity contribution >= 4 is 28.3 Å². The molecule has 2 aliphatic heterocycles. The summed E-state index contributed by atoms with van der Waals surface area (Å²) in [6.45, 7) is 4.26. The van der Waals surface area contributed by atoms with Crippen LogP contribution < -0.4 is 10.6 Å². The van der Waals surface area contributed by atoms with Crippen LogP contribution in [0.15, 0.2) is 35.2 Å². The molecule has 8 heteroatoms. The molecule has 0 spiro atoms. The fraction of sp³-hybridized carbons (Fsp3) is 0.588. The van der Waals surface area contributed by atoms with Gasteiger partial charge in [0.05, 0.1) is 4.90 Å². The number of carbonyl (C=O) groups is 1. The smallest absolute Gasteiger partial charge is 0.243 e. The van der Waals surface area contributed by atoms with Crippen molar-refractivity contribution in [3.8, 4) is 0 Å². The fourth-order valence-electron chi connectivity index (χ4n) is 3.53. The van der Waals surface area contributed by atoms with Crippen LogP contribution in [-0.4, -0.2) is 50.3 Å². The number of piperidine rings is 1. The minimum absolute atomic E-state index is 0. The minimum atomic E-state index is -3.63. The van der Waals surface area contributed by atoms with Gasteiger partial charge in [-0.1, -0.05) is 25.1 Å². The van der Waals surface area contributed by atoms with E-state index in [1.54, 1.807) is 30.3 Å². The van der Waals surface area contributed by atoms with Crippen molar-refractivity contribution in [1.82, 2.24) is 14.9 Å². The molecule has 0 aliphatic carbocycles. The van der Waals surface area contributed by atoms with E-state index in [1.165, 1.54) is 4.31 Å².